The number of ketones is 1. The normalized spacial score (nSPS) is 29.3. The Hall–Kier alpha value is 0.0200. The summed E-state index contributed by atoms with van der Waals surface area (Å²) in [5.41, 5.74) is 0. The summed E-state index contributed by atoms with van der Waals surface area (Å²) in [6.07, 6.45) is 11.7. The molecule has 2 rings (SSSR count). The molecule has 0 aliphatic heterocycles. The molecule has 2 aliphatic carbocycles. The molecule has 2 heteroatoms. The first-order chi connectivity index (χ1) is 7.36. The number of carbonyl (C=O) groups excluding carboxylic acids is 1. The third-order valence-electron chi connectivity index (χ3n) is 3.76. The van der Waals surface area contributed by atoms with Gasteiger partial charge in [0.25, 0.3) is 0 Å². The highest BCUT2D eigenvalue weighted by Crippen LogP contribution is 2.32. The van der Waals surface area contributed by atoms with Crippen molar-refractivity contribution in [1.82, 2.24) is 0 Å². The Labute approximate surface area is 97.4 Å². The van der Waals surface area contributed by atoms with E-state index in [0.29, 0.717) is 11.0 Å². The van der Waals surface area contributed by atoms with E-state index in [1.165, 1.54) is 44.3 Å². The fourth-order valence-electron chi connectivity index (χ4n) is 2.74. The van der Waals surface area contributed by atoms with Crippen molar-refractivity contribution in [3.8, 4) is 0 Å². The van der Waals surface area contributed by atoms with Crippen LogP contribution in [-0.4, -0.2) is 16.8 Å². The molecule has 0 radical (unpaired) electrons. The van der Waals surface area contributed by atoms with Gasteiger partial charge in [0.05, 0.1) is 5.25 Å². The smallest absolute Gasteiger partial charge is 0.145 e. The van der Waals surface area contributed by atoms with Gasteiger partial charge in [-0.15, -0.1) is 0 Å². The van der Waals surface area contributed by atoms with Crippen molar-refractivity contribution in [3.05, 3.63) is 0 Å². The Balaban J connectivity index is 1.69. The second kappa shape index (κ2) is 5.93. The lowest BCUT2D eigenvalue weighted by atomic mass is 10.0. The summed E-state index contributed by atoms with van der Waals surface area (Å²) in [6.45, 7) is 0. The number of thioether (sulfide) groups is 1. The van der Waals surface area contributed by atoms with Gasteiger partial charge in [-0.05, 0) is 37.4 Å². The van der Waals surface area contributed by atoms with Crippen molar-refractivity contribution in [2.45, 2.75) is 63.0 Å². The van der Waals surface area contributed by atoms with Crippen LogP contribution in [0, 0.1) is 5.92 Å². The van der Waals surface area contributed by atoms with Crippen LogP contribution in [0.1, 0.15) is 57.8 Å². The molecule has 0 bridgehead atoms. The minimum absolute atomic E-state index is 0.369. The van der Waals surface area contributed by atoms with Gasteiger partial charge in [-0.1, -0.05) is 25.7 Å². The second-order valence-electron chi connectivity index (χ2n) is 5.04. The minimum Gasteiger partial charge on any atom is -0.298 e. The summed E-state index contributed by atoms with van der Waals surface area (Å²) in [5, 5.41) is 0.369. The van der Waals surface area contributed by atoms with Crippen LogP contribution in [0.3, 0.4) is 0 Å². The van der Waals surface area contributed by atoms with Crippen molar-refractivity contribution in [1.29, 1.82) is 0 Å². The zero-order valence-corrected chi connectivity index (χ0v) is 10.4. The molecule has 15 heavy (non-hydrogen) atoms. The molecule has 0 aromatic carbocycles. The van der Waals surface area contributed by atoms with Crippen molar-refractivity contribution >= 4 is 17.5 Å². The summed E-state index contributed by atoms with van der Waals surface area (Å²) in [6, 6.07) is 0. The Bertz CT molecular complexity index is 207. The predicted octanol–water partition coefficient (Wildman–Crippen LogP) is 3.81. The number of Topliss-reactive ketones (excluding diaryl/α,β-unsaturated/α-hetero) is 1. The third kappa shape index (κ3) is 3.51. The van der Waals surface area contributed by atoms with Gasteiger partial charge in [-0.3, -0.25) is 4.79 Å². The molecular formula is C13H22OS. The summed E-state index contributed by atoms with van der Waals surface area (Å²) < 4.78 is 0. The van der Waals surface area contributed by atoms with Crippen LogP contribution in [0.2, 0.25) is 0 Å². The maximum atomic E-state index is 11.5. The standard InChI is InChI=1S/C13H22OS/c14-12-8-5-9-13(12)15-10-11-6-3-1-2-4-7-11/h11,13H,1-10H2. The second-order valence-corrected chi connectivity index (χ2v) is 6.27. The van der Waals surface area contributed by atoms with Gasteiger partial charge in [0.2, 0.25) is 0 Å². The maximum Gasteiger partial charge on any atom is 0.145 e. The molecule has 86 valence electrons. The zero-order chi connectivity index (χ0) is 10.5. The van der Waals surface area contributed by atoms with Crippen LogP contribution in [0.25, 0.3) is 0 Å². The van der Waals surface area contributed by atoms with E-state index >= 15 is 0 Å². The first kappa shape index (κ1) is 11.5. The average Bonchev–Trinajstić information content (AvgIpc) is 2.53. The summed E-state index contributed by atoms with van der Waals surface area (Å²) >= 11 is 1.96. The fraction of sp³-hybridized carbons (Fsp3) is 0.923. The molecule has 1 nitrogen and oxygen atoms in total. The van der Waals surface area contributed by atoms with Gasteiger partial charge in [0, 0.05) is 6.42 Å². The molecule has 2 aliphatic rings. The zero-order valence-electron chi connectivity index (χ0n) is 9.54. The topological polar surface area (TPSA) is 17.1 Å². The first-order valence-electron chi connectivity index (χ1n) is 6.50. The van der Waals surface area contributed by atoms with Gasteiger partial charge >= 0.3 is 0 Å². The van der Waals surface area contributed by atoms with Crippen LogP contribution < -0.4 is 0 Å². The van der Waals surface area contributed by atoms with Crippen molar-refractivity contribution in [2.24, 2.45) is 5.92 Å². The summed E-state index contributed by atoms with van der Waals surface area (Å²) in [5.74, 6) is 2.68. The van der Waals surface area contributed by atoms with Gasteiger partial charge in [0.1, 0.15) is 5.78 Å². The molecule has 0 heterocycles. The van der Waals surface area contributed by atoms with Crippen LogP contribution in [0.4, 0.5) is 0 Å². The lowest BCUT2D eigenvalue weighted by Crippen LogP contribution is -2.12. The fourth-order valence-corrected chi connectivity index (χ4v) is 4.22. The number of rotatable bonds is 3. The van der Waals surface area contributed by atoms with E-state index in [1.54, 1.807) is 0 Å². The van der Waals surface area contributed by atoms with Gasteiger partial charge in [-0.2, -0.15) is 11.8 Å². The van der Waals surface area contributed by atoms with Crippen LogP contribution in [0.15, 0.2) is 0 Å². The average molecular weight is 226 g/mol. The lowest BCUT2D eigenvalue weighted by Gasteiger charge is -2.15. The highest BCUT2D eigenvalue weighted by Gasteiger charge is 2.25. The highest BCUT2D eigenvalue weighted by atomic mass is 32.2. The SMILES string of the molecule is O=C1CCCC1SCC1CCCCCC1. The molecule has 1 unspecified atom stereocenters. The Morgan fingerprint density at radius 3 is 2.33 bits per heavy atom. The molecule has 1 atom stereocenters. The quantitative estimate of drug-likeness (QED) is 0.681. The Kier molecular flexibility index (Phi) is 4.55. The van der Waals surface area contributed by atoms with Crippen LogP contribution >= 0.6 is 11.8 Å². The van der Waals surface area contributed by atoms with Crippen molar-refractivity contribution in [3.63, 3.8) is 0 Å². The predicted molar refractivity (Wildman–Crippen MR) is 66.3 cm³/mol. The molecular weight excluding hydrogens is 204 g/mol. The molecule has 0 N–H and O–H groups in total. The van der Waals surface area contributed by atoms with Gasteiger partial charge in [-0.25, -0.2) is 0 Å². The minimum atomic E-state index is 0.369. The van der Waals surface area contributed by atoms with E-state index in [4.69, 9.17) is 0 Å². The maximum absolute atomic E-state index is 11.5. The summed E-state index contributed by atoms with van der Waals surface area (Å²) in [4.78, 5) is 11.5. The van der Waals surface area contributed by atoms with Crippen LogP contribution in [0.5, 0.6) is 0 Å². The van der Waals surface area contributed by atoms with Crippen molar-refractivity contribution in [2.75, 3.05) is 5.75 Å². The van der Waals surface area contributed by atoms with E-state index < -0.39 is 0 Å². The van der Waals surface area contributed by atoms with Gasteiger partial charge in [0.15, 0.2) is 0 Å². The van der Waals surface area contributed by atoms with E-state index in [0.717, 1.165) is 25.2 Å². The third-order valence-corrected chi connectivity index (χ3v) is 5.32. The van der Waals surface area contributed by atoms with E-state index in [9.17, 15) is 4.79 Å². The van der Waals surface area contributed by atoms with Crippen molar-refractivity contribution < 1.29 is 4.79 Å². The molecule has 0 aromatic heterocycles. The Morgan fingerprint density at radius 2 is 1.73 bits per heavy atom. The van der Waals surface area contributed by atoms with E-state index in [-0.39, 0.29) is 0 Å². The summed E-state index contributed by atoms with van der Waals surface area (Å²) in [7, 11) is 0. The van der Waals surface area contributed by atoms with Crippen LogP contribution in [-0.2, 0) is 4.79 Å². The Morgan fingerprint density at radius 1 is 1.00 bits per heavy atom. The largest absolute Gasteiger partial charge is 0.298 e. The molecule has 0 aromatic rings. The highest BCUT2D eigenvalue weighted by molar-refractivity contribution is 8.00. The lowest BCUT2D eigenvalue weighted by molar-refractivity contribution is -0.116. The van der Waals surface area contributed by atoms with E-state index in [2.05, 4.69) is 0 Å². The molecule has 0 saturated heterocycles. The van der Waals surface area contributed by atoms with E-state index in [1.807, 2.05) is 11.8 Å². The monoisotopic (exact) mass is 226 g/mol. The number of hydrogen-bond donors (Lipinski definition) is 0. The molecule has 2 fully saturated rings. The molecule has 0 spiro atoms. The molecule has 0 amide bonds. The number of hydrogen-bond acceptors (Lipinski definition) is 2. The molecule has 2 saturated carbocycles. The number of carbonyl (C=O) groups is 1. The first-order valence-corrected chi connectivity index (χ1v) is 7.55. The van der Waals surface area contributed by atoms with Gasteiger partial charge < -0.3 is 0 Å².